The number of rotatable bonds is 3. The standard InChI is InChI=1S/C15H17BrN4O/c16-11-3-1-10(2-4-11)14(18)13(9-17)15(19)20-12-5-7-21-8-6-12/h1-4,12H,5-8,18H2,(H2,19,20)/b14-13-. The van der Waals surface area contributed by atoms with Crippen LogP contribution in [0.5, 0.6) is 0 Å². The minimum absolute atomic E-state index is 0.0971. The molecule has 0 unspecified atom stereocenters. The average molecular weight is 349 g/mol. The molecule has 1 fully saturated rings. The molecular weight excluding hydrogens is 332 g/mol. The number of hydrogen-bond donors (Lipinski definition) is 2. The van der Waals surface area contributed by atoms with Gasteiger partial charge in [0.25, 0.3) is 0 Å². The van der Waals surface area contributed by atoms with Gasteiger partial charge in [0.05, 0.1) is 11.7 Å². The van der Waals surface area contributed by atoms with E-state index < -0.39 is 0 Å². The first-order valence-electron chi connectivity index (χ1n) is 6.69. The topological polar surface area (TPSA) is 97.4 Å². The third-order valence-corrected chi connectivity index (χ3v) is 3.83. The second-order valence-corrected chi connectivity index (χ2v) is 5.68. The third kappa shape index (κ3) is 4.06. The Balaban J connectivity index is 2.28. The highest BCUT2D eigenvalue weighted by molar-refractivity contribution is 9.10. The lowest BCUT2D eigenvalue weighted by Gasteiger charge is -2.19. The minimum atomic E-state index is 0.0971. The lowest BCUT2D eigenvalue weighted by atomic mass is 10.1. The molecule has 0 atom stereocenters. The zero-order valence-electron chi connectivity index (χ0n) is 11.6. The SMILES string of the molecule is N#C/C(C(N)=NC1CCOCC1)=C(/N)c1ccc(Br)cc1. The molecule has 0 radical (unpaired) electrons. The van der Waals surface area contributed by atoms with E-state index in [9.17, 15) is 5.26 Å². The normalized spacial score (nSPS) is 18.0. The van der Waals surface area contributed by atoms with E-state index >= 15 is 0 Å². The predicted molar refractivity (Wildman–Crippen MR) is 86.3 cm³/mol. The van der Waals surface area contributed by atoms with Crippen LogP contribution < -0.4 is 11.5 Å². The molecule has 0 spiro atoms. The second kappa shape index (κ2) is 7.25. The Morgan fingerprint density at radius 2 is 1.86 bits per heavy atom. The van der Waals surface area contributed by atoms with Gasteiger partial charge >= 0.3 is 0 Å². The number of hydrogen-bond acceptors (Lipinski definition) is 4. The van der Waals surface area contributed by atoms with Crippen molar-refractivity contribution in [2.75, 3.05) is 13.2 Å². The van der Waals surface area contributed by atoms with Gasteiger partial charge in [-0.1, -0.05) is 28.1 Å². The van der Waals surface area contributed by atoms with Crippen LogP contribution in [-0.2, 0) is 4.74 Å². The van der Waals surface area contributed by atoms with Gasteiger partial charge in [-0.25, -0.2) is 0 Å². The van der Waals surface area contributed by atoms with Crippen molar-refractivity contribution >= 4 is 27.5 Å². The monoisotopic (exact) mass is 348 g/mol. The van der Waals surface area contributed by atoms with Crippen LogP contribution in [-0.4, -0.2) is 25.1 Å². The number of nitrogens with zero attached hydrogens (tertiary/aromatic N) is 2. The van der Waals surface area contributed by atoms with Gasteiger partial charge < -0.3 is 16.2 Å². The van der Waals surface area contributed by atoms with E-state index in [4.69, 9.17) is 16.2 Å². The highest BCUT2D eigenvalue weighted by Crippen LogP contribution is 2.18. The summed E-state index contributed by atoms with van der Waals surface area (Å²) in [7, 11) is 0. The van der Waals surface area contributed by atoms with Crippen molar-refractivity contribution in [2.45, 2.75) is 18.9 Å². The highest BCUT2D eigenvalue weighted by Gasteiger charge is 2.16. The Bertz CT molecular complexity index is 595. The zero-order chi connectivity index (χ0) is 15.2. The van der Waals surface area contributed by atoms with Crippen LogP contribution in [0.25, 0.3) is 5.70 Å². The first kappa shape index (κ1) is 15.5. The van der Waals surface area contributed by atoms with Gasteiger partial charge in [0.1, 0.15) is 17.5 Å². The number of halogens is 1. The van der Waals surface area contributed by atoms with Crippen molar-refractivity contribution in [3.8, 4) is 6.07 Å². The van der Waals surface area contributed by atoms with Gasteiger partial charge in [0.15, 0.2) is 0 Å². The smallest absolute Gasteiger partial charge is 0.138 e. The van der Waals surface area contributed by atoms with Crippen LogP contribution in [0.3, 0.4) is 0 Å². The first-order chi connectivity index (χ1) is 10.1. The van der Waals surface area contributed by atoms with Crippen LogP contribution in [0.4, 0.5) is 0 Å². The summed E-state index contributed by atoms with van der Waals surface area (Å²) in [5, 5.41) is 9.33. The number of nitriles is 1. The Hall–Kier alpha value is -1.84. The molecular formula is C15H17BrN4O. The highest BCUT2D eigenvalue weighted by atomic mass is 79.9. The van der Waals surface area contributed by atoms with Crippen LogP contribution in [0.2, 0.25) is 0 Å². The quantitative estimate of drug-likeness (QED) is 0.496. The van der Waals surface area contributed by atoms with Gasteiger partial charge in [-0.2, -0.15) is 5.26 Å². The number of benzene rings is 1. The van der Waals surface area contributed by atoms with E-state index in [-0.39, 0.29) is 17.5 Å². The molecule has 6 heteroatoms. The maximum atomic E-state index is 9.33. The van der Waals surface area contributed by atoms with E-state index in [1.165, 1.54) is 0 Å². The summed E-state index contributed by atoms with van der Waals surface area (Å²) in [6.45, 7) is 1.35. The van der Waals surface area contributed by atoms with E-state index in [2.05, 4.69) is 27.0 Å². The summed E-state index contributed by atoms with van der Waals surface area (Å²) < 4.78 is 6.23. The molecule has 0 bridgehead atoms. The van der Waals surface area contributed by atoms with E-state index in [1.54, 1.807) is 0 Å². The molecule has 0 saturated carbocycles. The predicted octanol–water partition coefficient (Wildman–Crippen LogP) is 2.18. The largest absolute Gasteiger partial charge is 0.397 e. The molecule has 1 aromatic rings. The number of nitrogens with two attached hydrogens (primary N) is 2. The summed E-state index contributed by atoms with van der Waals surface area (Å²) in [5.74, 6) is 0.199. The van der Waals surface area contributed by atoms with Gasteiger partial charge in [0.2, 0.25) is 0 Å². The van der Waals surface area contributed by atoms with Gasteiger partial charge in [-0.15, -0.1) is 0 Å². The van der Waals surface area contributed by atoms with Gasteiger partial charge in [-0.05, 0) is 30.5 Å². The summed E-state index contributed by atoms with van der Waals surface area (Å²) in [6, 6.07) is 9.55. The molecule has 1 saturated heterocycles. The van der Waals surface area contributed by atoms with Crippen LogP contribution in [0.1, 0.15) is 18.4 Å². The molecule has 1 aliphatic heterocycles. The van der Waals surface area contributed by atoms with E-state index in [0.29, 0.717) is 18.9 Å². The molecule has 1 aliphatic rings. The first-order valence-corrected chi connectivity index (χ1v) is 7.48. The summed E-state index contributed by atoms with van der Waals surface area (Å²) in [4.78, 5) is 4.42. The Morgan fingerprint density at radius 3 is 2.43 bits per heavy atom. The van der Waals surface area contributed by atoms with Gasteiger partial charge in [0, 0.05) is 17.7 Å². The van der Waals surface area contributed by atoms with Crippen LogP contribution in [0, 0.1) is 11.3 Å². The van der Waals surface area contributed by atoms with Crippen LogP contribution in [0.15, 0.2) is 39.3 Å². The van der Waals surface area contributed by atoms with E-state index in [0.717, 1.165) is 22.9 Å². The zero-order valence-corrected chi connectivity index (χ0v) is 13.1. The van der Waals surface area contributed by atoms with Gasteiger partial charge in [-0.3, -0.25) is 4.99 Å². The van der Waals surface area contributed by atoms with E-state index in [1.807, 2.05) is 24.3 Å². The van der Waals surface area contributed by atoms with Crippen molar-refractivity contribution < 1.29 is 4.74 Å². The number of aliphatic imine (C=N–C) groups is 1. The Kier molecular flexibility index (Phi) is 5.37. The molecule has 2 rings (SSSR count). The third-order valence-electron chi connectivity index (χ3n) is 3.30. The fourth-order valence-corrected chi connectivity index (χ4v) is 2.37. The maximum Gasteiger partial charge on any atom is 0.138 e. The molecule has 1 aromatic carbocycles. The molecule has 0 aromatic heterocycles. The molecule has 4 N–H and O–H groups in total. The van der Waals surface area contributed by atoms with Crippen molar-refractivity contribution in [1.82, 2.24) is 0 Å². The van der Waals surface area contributed by atoms with Crippen molar-refractivity contribution in [3.63, 3.8) is 0 Å². The Labute approximate surface area is 132 Å². The molecule has 110 valence electrons. The van der Waals surface area contributed by atoms with Crippen molar-refractivity contribution in [1.29, 1.82) is 5.26 Å². The lowest BCUT2D eigenvalue weighted by molar-refractivity contribution is 0.0871. The second-order valence-electron chi connectivity index (χ2n) is 4.77. The summed E-state index contributed by atoms with van der Waals surface area (Å²) >= 11 is 3.36. The lowest BCUT2D eigenvalue weighted by Crippen LogP contribution is -2.25. The summed E-state index contributed by atoms with van der Waals surface area (Å²) in [6.07, 6.45) is 1.63. The molecule has 21 heavy (non-hydrogen) atoms. The average Bonchev–Trinajstić information content (AvgIpc) is 2.49. The fourth-order valence-electron chi connectivity index (χ4n) is 2.10. The fraction of sp³-hybridized carbons (Fsp3) is 0.333. The molecule has 0 amide bonds. The van der Waals surface area contributed by atoms with Crippen molar-refractivity contribution in [2.24, 2.45) is 16.5 Å². The van der Waals surface area contributed by atoms with Crippen molar-refractivity contribution in [3.05, 3.63) is 39.9 Å². The van der Waals surface area contributed by atoms with Crippen LogP contribution >= 0.6 is 15.9 Å². The summed E-state index contributed by atoms with van der Waals surface area (Å²) in [5.41, 5.74) is 13.4. The molecule has 0 aliphatic carbocycles. The Morgan fingerprint density at radius 1 is 1.24 bits per heavy atom. The molecule has 5 nitrogen and oxygen atoms in total. The minimum Gasteiger partial charge on any atom is -0.397 e. The number of amidine groups is 1. The molecule has 1 heterocycles. The number of ether oxygens (including phenoxy) is 1. The maximum absolute atomic E-state index is 9.33.